The fraction of sp³-hybridized carbons (Fsp3) is 0.182. The minimum absolute atomic E-state index is 0.0491. The van der Waals surface area contributed by atoms with Gasteiger partial charge in [-0.1, -0.05) is 0 Å². The first kappa shape index (κ1) is 18.3. The van der Waals surface area contributed by atoms with E-state index in [9.17, 15) is 18.4 Å². The molecule has 0 atom stereocenters. The summed E-state index contributed by atoms with van der Waals surface area (Å²) in [6.45, 7) is -0.828. The van der Waals surface area contributed by atoms with Crippen LogP contribution in [0.15, 0.2) is 47.8 Å². The SMILES string of the molecule is [2H]C([2H])([2H])NC(=O)c1cnc(Nc2ccc(F)cn2)cc1Nc1cn(C)c2c(F)cn(CC)c(=O)c12. The van der Waals surface area contributed by atoms with Crippen LogP contribution in [0.5, 0.6) is 0 Å². The number of rotatable bonds is 6. The van der Waals surface area contributed by atoms with Gasteiger partial charge in [-0.05, 0) is 19.1 Å². The summed E-state index contributed by atoms with van der Waals surface area (Å²) in [5, 5.41) is 7.74. The molecule has 4 heterocycles. The van der Waals surface area contributed by atoms with Gasteiger partial charge in [-0.25, -0.2) is 18.7 Å². The van der Waals surface area contributed by atoms with Gasteiger partial charge >= 0.3 is 0 Å². The van der Waals surface area contributed by atoms with E-state index in [0.717, 1.165) is 18.6 Å². The molecule has 0 bridgehead atoms. The monoisotopic (exact) mass is 456 g/mol. The Kier molecular flexibility index (Phi) is 4.82. The van der Waals surface area contributed by atoms with Crippen LogP contribution in [-0.4, -0.2) is 32.0 Å². The Bertz CT molecular complexity index is 1520. The van der Waals surface area contributed by atoms with E-state index in [2.05, 4.69) is 20.6 Å². The Hall–Kier alpha value is -4.28. The Morgan fingerprint density at radius 3 is 2.61 bits per heavy atom. The van der Waals surface area contributed by atoms with Crippen molar-refractivity contribution in [1.29, 1.82) is 0 Å². The van der Waals surface area contributed by atoms with E-state index in [4.69, 9.17) is 4.11 Å². The molecule has 3 N–H and O–H groups in total. The molecule has 0 radical (unpaired) electrons. The summed E-state index contributed by atoms with van der Waals surface area (Å²) in [5.41, 5.74) is -0.264. The van der Waals surface area contributed by atoms with Crippen molar-refractivity contribution in [3.8, 4) is 0 Å². The van der Waals surface area contributed by atoms with Crippen molar-refractivity contribution in [2.75, 3.05) is 17.6 Å². The van der Waals surface area contributed by atoms with Crippen LogP contribution < -0.4 is 21.5 Å². The lowest BCUT2D eigenvalue weighted by Gasteiger charge is -2.13. The van der Waals surface area contributed by atoms with E-state index < -0.39 is 30.1 Å². The molecule has 4 rings (SSSR count). The van der Waals surface area contributed by atoms with Gasteiger partial charge in [0.2, 0.25) is 0 Å². The van der Waals surface area contributed by atoms with Crippen molar-refractivity contribution >= 4 is 39.8 Å². The molecule has 0 fully saturated rings. The zero-order valence-corrected chi connectivity index (χ0v) is 17.6. The number of amides is 1. The quantitative estimate of drug-likeness (QED) is 0.411. The molecule has 33 heavy (non-hydrogen) atoms. The summed E-state index contributed by atoms with van der Waals surface area (Å²) in [7, 11) is 1.56. The smallest absolute Gasteiger partial charge is 0.262 e. The number of nitrogens with zero attached hydrogens (tertiary/aromatic N) is 4. The van der Waals surface area contributed by atoms with Gasteiger partial charge in [0.1, 0.15) is 17.5 Å². The van der Waals surface area contributed by atoms with E-state index >= 15 is 0 Å². The van der Waals surface area contributed by atoms with E-state index in [1.165, 1.54) is 33.5 Å². The minimum atomic E-state index is -2.76. The first-order chi connectivity index (χ1) is 17.0. The molecule has 170 valence electrons. The van der Waals surface area contributed by atoms with Crippen molar-refractivity contribution in [2.24, 2.45) is 7.05 Å². The molecule has 0 saturated heterocycles. The number of anilines is 4. The standard InChI is InChI=1S/C22H21F2N7O2/c1-4-31-10-14(24)20-19(22(31)33)16(11-30(20)3)28-15-7-18(27-9-13(15)21(32)25-2)29-17-6-5-12(23)8-26-17/h5-11H,4H2,1-3H3,(H,25,32)(H2,26,27,28,29)/i2D3. The first-order valence-corrected chi connectivity index (χ1v) is 9.83. The number of carbonyl (C=O) groups excluding carboxylic acids is 1. The third kappa shape index (κ3) is 4.12. The van der Waals surface area contributed by atoms with E-state index in [0.29, 0.717) is 0 Å². The molecule has 0 aliphatic carbocycles. The highest BCUT2D eigenvalue weighted by atomic mass is 19.1. The summed E-state index contributed by atoms with van der Waals surface area (Å²) in [6, 6.07) is 3.95. The zero-order valence-electron chi connectivity index (χ0n) is 20.6. The summed E-state index contributed by atoms with van der Waals surface area (Å²) < 4.78 is 52.6. The molecule has 0 spiro atoms. The average molecular weight is 456 g/mol. The summed E-state index contributed by atoms with van der Waals surface area (Å²) in [5.74, 6) is -1.66. The first-order valence-electron chi connectivity index (χ1n) is 11.3. The fourth-order valence-corrected chi connectivity index (χ4v) is 3.46. The third-order valence-corrected chi connectivity index (χ3v) is 5.01. The van der Waals surface area contributed by atoms with Gasteiger partial charge in [-0.15, -0.1) is 0 Å². The molecule has 9 nitrogen and oxygen atoms in total. The highest BCUT2D eigenvalue weighted by Crippen LogP contribution is 2.30. The van der Waals surface area contributed by atoms with Gasteiger partial charge in [0.25, 0.3) is 11.5 Å². The van der Waals surface area contributed by atoms with Crippen LogP contribution in [-0.2, 0) is 13.6 Å². The minimum Gasteiger partial charge on any atom is -0.355 e. The largest absolute Gasteiger partial charge is 0.355 e. The molecule has 0 aliphatic rings. The number of carbonyl (C=O) groups is 1. The maximum Gasteiger partial charge on any atom is 0.262 e. The van der Waals surface area contributed by atoms with Gasteiger partial charge in [-0.3, -0.25) is 9.59 Å². The molecule has 0 saturated carbocycles. The van der Waals surface area contributed by atoms with Gasteiger partial charge in [0.05, 0.1) is 34.0 Å². The number of nitrogens with one attached hydrogen (secondary N) is 3. The fourth-order valence-electron chi connectivity index (χ4n) is 3.46. The molecule has 0 unspecified atom stereocenters. The van der Waals surface area contributed by atoms with Crippen LogP contribution in [0.4, 0.5) is 31.8 Å². The molecule has 1 amide bonds. The topological polar surface area (TPSA) is 106 Å². The summed E-state index contributed by atoms with van der Waals surface area (Å²) in [6.07, 6.45) is 4.73. The molecule has 0 aliphatic heterocycles. The number of hydrogen-bond acceptors (Lipinski definition) is 6. The molecule has 4 aromatic heterocycles. The van der Waals surface area contributed by atoms with Crippen molar-refractivity contribution in [3.63, 3.8) is 0 Å². The van der Waals surface area contributed by atoms with Gasteiger partial charge in [-0.2, -0.15) is 0 Å². The number of halogens is 2. The summed E-state index contributed by atoms with van der Waals surface area (Å²) >= 11 is 0. The average Bonchev–Trinajstić information content (AvgIpc) is 3.13. The summed E-state index contributed by atoms with van der Waals surface area (Å²) in [4.78, 5) is 33.7. The number of aromatic nitrogens is 4. The van der Waals surface area contributed by atoms with Crippen molar-refractivity contribution in [3.05, 3.63) is 70.5 Å². The molecular formula is C22H21F2N7O2. The highest BCUT2D eigenvalue weighted by molar-refractivity contribution is 6.02. The Balaban J connectivity index is 1.82. The Labute approximate surface area is 191 Å². The van der Waals surface area contributed by atoms with Crippen LogP contribution in [0.1, 0.15) is 21.4 Å². The van der Waals surface area contributed by atoms with Crippen LogP contribution in [0, 0.1) is 11.6 Å². The molecule has 11 heteroatoms. The Morgan fingerprint density at radius 1 is 1.12 bits per heavy atom. The number of fused-ring (bicyclic) bond motifs is 1. The van der Waals surface area contributed by atoms with Crippen LogP contribution in [0.3, 0.4) is 0 Å². The van der Waals surface area contributed by atoms with E-state index in [1.54, 1.807) is 14.0 Å². The van der Waals surface area contributed by atoms with Crippen molar-refractivity contribution < 1.29 is 17.7 Å². The van der Waals surface area contributed by atoms with Crippen LogP contribution in [0.2, 0.25) is 0 Å². The second-order valence-corrected chi connectivity index (χ2v) is 7.13. The lowest BCUT2D eigenvalue weighted by atomic mass is 10.2. The van der Waals surface area contributed by atoms with Gasteiger partial charge < -0.3 is 25.1 Å². The number of hydrogen-bond donors (Lipinski definition) is 3. The number of pyridine rings is 3. The lowest BCUT2D eigenvalue weighted by molar-refractivity contribution is 0.0963. The van der Waals surface area contributed by atoms with Crippen molar-refractivity contribution in [2.45, 2.75) is 13.5 Å². The van der Waals surface area contributed by atoms with Gasteiger partial charge in [0.15, 0.2) is 5.82 Å². The molecule has 4 aromatic rings. The predicted molar refractivity (Wildman–Crippen MR) is 121 cm³/mol. The van der Waals surface area contributed by atoms with E-state index in [1.807, 2.05) is 5.32 Å². The second kappa shape index (κ2) is 8.69. The normalized spacial score (nSPS) is 12.7. The van der Waals surface area contributed by atoms with Crippen molar-refractivity contribution in [1.82, 2.24) is 24.4 Å². The van der Waals surface area contributed by atoms with E-state index in [-0.39, 0.29) is 46.0 Å². The maximum absolute atomic E-state index is 14.8. The van der Waals surface area contributed by atoms with Gasteiger partial charge in [0, 0.05) is 49.3 Å². The maximum atomic E-state index is 14.8. The molecule has 0 aromatic carbocycles. The zero-order chi connectivity index (χ0) is 26.2. The third-order valence-electron chi connectivity index (χ3n) is 5.01. The molecular weight excluding hydrogens is 432 g/mol. The highest BCUT2D eigenvalue weighted by Gasteiger charge is 2.19. The Morgan fingerprint density at radius 2 is 1.91 bits per heavy atom. The lowest BCUT2D eigenvalue weighted by Crippen LogP contribution is -2.21. The van der Waals surface area contributed by atoms with Crippen LogP contribution >= 0.6 is 0 Å². The number of aryl methyl sites for hydroxylation is 2. The second-order valence-electron chi connectivity index (χ2n) is 7.13. The van der Waals surface area contributed by atoms with Crippen LogP contribution in [0.25, 0.3) is 10.9 Å². The predicted octanol–water partition coefficient (Wildman–Crippen LogP) is 3.27.